The molecule has 1 fully saturated rings. The quantitative estimate of drug-likeness (QED) is 0.851. The number of hydrogen-bond donors (Lipinski definition) is 1. The number of carbonyl (C=O) groups excluding carboxylic acids is 1. The number of anilines is 2. The Balaban J connectivity index is 1.81. The molecule has 9 nitrogen and oxygen atoms in total. The molecule has 1 saturated heterocycles. The van der Waals surface area contributed by atoms with Crippen LogP contribution in [0, 0.1) is 13.8 Å². The van der Waals surface area contributed by atoms with Gasteiger partial charge in [0.05, 0.1) is 11.5 Å². The maximum atomic E-state index is 12.4. The number of nitrogens with zero attached hydrogens (tertiary/aromatic N) is 4. The summed E-state index contributed by atoms with van der Waals surface area (Å²) in [5.41, 5.74) is 0.177. The molecule has 0 aliphatic carbocycles. The van der Waals surface area contributed by atoms with Crippen molar-refractivity contribution in [1.82, 2.24) is 15.1 Å². The lowest BCUT2D eigenvalue weighted by atomic mass is 10.2. The molecule has 10 heteroatoms. The Kier molecular flexibility index (Phi) is 4.46. The summed E-state index contributed by atoms with van der Waals surface area (Å²) in [5.74, 6) is 1.64. The van der Waals surface area contributed by atoms with E-state index in [0.717, 1.165) is 0 Å². The highest BCUT2D eigenvalue weighted by Crippen LogP contribution is 2.22. The van der Waals surface area contributed by atoms with Crippen LogP contribution < -0.4 is 10.2 Å². The van der Waals surface area contributed by atoms with Crippen molar-refractivity contribution < 1.29 is 17.7 Å². The average molecular weight is 365 g/mol. The number of aryl methyl sites for hydroxylation is 2. The van der Waals surface area contributed by atoms with E-state index in [1.807, 2.05) is 0 Å². The zero-order chi connectivity index (χ0) is 18.2. The predicted molar refractivity (Wildman–Crippen MR) is 91.4 cm³/mol. The number of hydrogen-bond acceptors (Lipinski definition) is 8. The van der Waals surface area contributed by atoms with Crippen LogP contribution in [-0.4, -0.2) is 54.0 Å². The fraction of sp³-hybridized carbons (Fsp3) is 0.467. The van der Waals surface area contributed by atoms with Gasteiger partial charge in [0.1, 0.15) is 23.1 Å². The van der Waals surface area contributed by atoms with Gasteiger partial charge < -0.3 is 14.7 Å². The van der Waals surface area contributed by atoms with E-state index >= 15 is 0 Å². The maximum absolute atomic E-state index is 12.4. The van der Waals surface area contributed by atoms with Crippen LogP contribution in [0.3, 0.4) is 0 Å². The molecule has 25 heavy (non-hydrogen) atoms. The van der Waals surface area contributed by atoms with Crippen molar-refractivity contribution in [2.45, 2.75) is 26.3 Å². The molecule has 0 aromatic carbocycles. The van der Waals surface area contributed by atoms with Crippen LogP contribution >= 0.6 is 0 Å². The molecule has 3 heterocycles. The van der Waals surface area contributed by atoms with Crippen LogP contribution in [0.4, 0.5) is 11.6 Å². The third-order valence-corrected chi connectivity index (χ3v) is 5.79. The lowest BCUT2D eigenvalue weighted by Gasteiger charge is -2.24. The number of nitrogens with one attached hydrogen (secondary N) is 1. The van der Waals surface area contributed by atoms with Gasteiger partial charge in [0.15, 0.2) is 15.7 Å². The van der Waals surface area contributed by atoms with Crippen molar-refractivity contribution in [3.05, 3.63) is 29.4 Å². The molecule has 1 aliphatic heterocycles. The van der Waals surface area contributed by atoms with Crippen LogP contribution in [0.25, 0.3) is 0 Å². The Hall–Kier alpha value is -2.49. The first-order chi connectivity index (χ1) is 11.7. The highest BCUT2D eigenvalue weighted by atomic mass is 32.2. The molecule has 1 N–H and O–H groups in total. The van der Waals surface area contributed by atoms with E-state index in [9.17, 15) is 13.2 Å². The fourth-order valence-corrected chi connectivity index (χ4v) is 4.50. The minimum absolute atomic E-state index is 0.0896. The smallest absolute Gasteiger partial charge is 0.275 e. The van der Waals surface area contributed by atoms with Gasteiger partial charge in [-0.25, -0.2) is 18.4 Å². The summed E-state index contributed by atoms with van der Waals surface area (Å²) in [5, 5.41) is 6.32. The van der Waals surface area contributed by atoms with Gasteiger partial charge in [-0.15, -0.1) is 0 Å². The van der Waals surface area contributed by atoms with Crippen LogP contribution in [0.5, 0.6) is 0 Å². The second kappa shape index (κ2) is 6.43. The Bertz CT molecular complexity index is 908. The monoisotopic (exact) mass is 365 g/mol. The van der Waals surface area contributed by atoms with Crippen LogP contribution in [0.2, 0.25) is 0 Å². The van der Waals surface area contributed by atoms with Crippen molar-refractivity contribution in [1.29, 1.82) is 0 Å². The van der Waals surface area contributed by atoms with Gasteiger partial charge in [-0.3, -0.25) is 4.79 Å². The van der Waals surface area contributed by atoms with Gasteiger partial charge in [0.2, 0.25) is 0 Å². The summed E-state index contributed by atoms with van der Waals surface area (Å²) in [4.78, 5) is 22.6. The fourth-order valence-electron chi connectivity index (χ4n) is 2.72. The minimum atomic E-state index is -3.01. The first kappa shape index (κ1) is 17.3. The van der Waals surface area contributed by atoms with Crippen LogP contribution in [-0.2, 0) is 9.84 Å². The zero-order valence-corrected chi connectivity index (χ0v) is 15.0. The normalized spacial score (nSPS) is 18.9. The molecule has 3 rings (SSSR count). The standard InChI is InChI=1S/C15H19N5O4S/c1-9-6-13(19-24-9)18-15(21)12-7-14(17-10(2)16-12)20(3)11-4-5-25(22,23)8-11/h6-7,11H,4-5,8H2,1-3H3,(H,18,19,21). The summed E-state index contributed by atoms with van der Waals surface area (Å²) in [6, 6.07) is 2.98. The van der Waals surface area contributed by atoms with Gasteiger partial charge in [-0.05, 0) is 20.3 Å². The van der Waals surface area contributed by atoms with Gasteiger partial charge in [-0.2, -0.15) is 0 Å². The van der Waals surface area contributed by atoms with E-state index < -0.39 is 15.7 Å². The van der Waals surface area contributed by atoms with E-state index in [1.165, 1.54) is 0 Å². The van der Waals surface area contributed by atoms with Gasteiger partial charge in [0.25, 0.3) is 5.91 Å². The van der Waals surface area contributed by atoms with E-state index in [2.05, 4.69) is 20.4 Å². The second-order valence-corrected chi connectivity index (χ2v) is 8.33. The SMILES string of the molecule is Cc1nc(C(=O)Nc2cc(C)on2)cc(N(C)C2CCS(=O)(=O)C2)n1. The highest BCUT2D eigenvalue weighted by Gasteiger charge is 2.31. The number of carbonyl (C=O) groups is 1. The summed E-state index contributed by atoms with van der Waals surface area (Å²) >= 11 is 0. The Morgan fingerprint density at radius 3 is 2.68 bits per heavy atom. The highest BCUT2D eigenvalue weighted by molar-refractivity contribution is 7.91. The van der Waals surface area contributed by atoms with Crippen LogP contribution in [0.1, 0.15) is 28.5 Å². The molecule has 1 amide bonds. The molecular formula is C15H19N5O4S. The van der Waals surface area contributed by atoms with E-state index in [0.29, 0.717) is 29.6 Å². The molecule has 1 atom stereocenters. The molecule has 1 unspecified atom stereocenters. The molecule has 0 bridgehead atoms. The molecule has 1 aliphatic rings. The molecule has 0 spiro atoms. The van der Waals surface area contributed by atoms with Gasteiger partial charge >= 0.3 is 0 Å². The average Bonchev–Trinajstić information content (AvgIpc) is 3.11. The van der Waals surface area contributed by atoms with Crippen molar-refractivity contribution >= 4 is 27.4 Å². The molecule has 0 saturated carbocycles. The first-order valence-electron chi connectivity index (χ1n) is 7.77. The third kappa shape index (κ3) is 3.95. The number of amides is 1. The topological polar surface area (TPSA) is 118 Å². The zero-order valence-electron chi connectivity index (χ0n) is 14.2. The van der Waals surface area contributed by atoms with Gasteiger partial charge in [-0.1, -0.05) is 5.16 Å². The summed E-state index contributed by atoms with van der Waals surface area (Å²) in [6.45, 7) is 3.40. The maximum Gasteiger partial charge on any atom is 0.275 e. The molecular weight excluding hydrogens is 346 g/mol. The molecule has 2 aromatic heterocycles. The minimum Gasteiger partial charge on any atom is -0.360 e. The Morgan fingerprint density at radius 1 is 1.32 bits per heavy atom. The summed E-state index contributed by atoms with van der Waals surface area (Å²) < 4.78 is 28.3. The van der Waals surface area contributed by atoms with Crippen molar-refractivity contribution in [2.75, 3.05) is 28.8 Å². The molecule has 134 valence electrons. The Morgan fingerprint density at radius 2 is 2.08 bits per heavy atom. The van der Waals surface area contributed by atoms with Gasteiger partial charge in [0, 0.05) is 25.2 Å². The largest absolute Gasteiger partial charge is 0.360 e. The number of aromatic nitrogens is 3. The third-order valence-electron chi connectivity index (χ3n) is 4.04. The first-order valence-corrected chi connectivity index (χ1v) is 9.59. The lowest BCUT2D eigenvalue weighted by molar-refractivity contribution is 0.102. The number of rotatable bonds is 4. The van der Waals surface area contributed by atoms with E-state index in [-0.39, 0.29) is 23.2 Å². The predicted octanol–water partition coefficient (Wildman–Crippen LogP) is 0.957. The lowest BCUT2D eigenvalue weighted by Crippen LogP contribution is -2.33. The van der Waals surface area contributed by atoms with Crippen molar-refractivity contribution in [3.63, 3.8) is 0 Å². The number of sulfone groups is 1. The van der Waals surface area contributed by atoms with Crippen LogP contribution in [0.15, 0.2) is 16.7 Å². The summed E-state index contributed by atoms with van der Waals surface area (Å²) in [7, 11) is -1.23. The van der Waals surface area contributed by atoms with Crippen molar-refractivity contribution in [3.8, 4) is 0 Å². The van der Waals surface area contributed by atoms with E-state index in [1.54, 1.807) is 37.9 Å². The van der Waals surface area contributed by atoms with E-state index in [4.69, 9.17) is 4.52 Å². The summed E-state index contributed by atoms with van der Waals surface area (Å²) in [6.07, 6.45) is 0.543. The Labute approximate surface area is 145 Å². The second-order valence-electron chi connectivity index (χ2n) is 6.10. The van der Waals surface area contributed by atoms with Crippen molar-refractivity contribution in [2.24, 2.45) is 0 Å². The molecule has 2 aromatic rings. The molecule has 0 radical (unpaired) electrons.